The molecule has 1 saturated heterocycles. The lowest BCUT2D eigenvalue weighted by Crippen LogP contribution is -2.44. The fraction of sp³-hybridized carbons (Fsp3) is 0.500. The lowest BCUT2D eigenvalue weighted by Gasteiger charge is -2.33. The maximum atomic E-state index is 12.0. The van der Waals surface area contributed by atoms with Crippen molar-refractivity contribution in [2.75, 3.05) is 13.7 Å². The van der Waals surface area contributed by atoms with E-state index >= 15 is 0 Å². The van der Waals surface area contributed by atoms with Crippen molar-refractivity contribution in [3.05, 3.63) is 33.7 Å². The Labute approximate surface area is 126 Å². The summed E-state index contributed by atoms with van der Waals surface area (Å²) in [7, 11) is 1.41. The van der Waals surface area contributed by atoms with Crippen LogP contribution in [-0.2, 0) is 16.1 Å². The standard InChI is InChI=1S/C14H17N3O3S/c1-20-13(19)11-4-2-3-5-16(11)9-10-8-12(18)17-6-7-21-14(17)15-10/h6-8,11H,2-5,9H2,1H3/t11-/m0/s1. The molecule has 0 unspecified atom stereocenters. The van der Waals surface area contributed by atoms with Crippen molar-refractivity contribution in [1.82, 2.24) is 14.3 Å². The zero-order chi connectivity index (χ0) is 14.8. The Morgan fingerprint density at radius 3 is 3.19 bits per heavy atom. The van der Waals surface area contributed by atoms with Gasteiger partial charge < -0.3 is 4.74 Å². The van der Waals surface area contributed by atoms with Gasteiger partial charge >= 0.3 is 5.97 Å². The van der Waals surface area contributed by atoms with Gasteiger partial charge in [-0.1, -0.05) is 6.42 Å². The third kappa shape index (κ3) is 2.84. The molecular formula is C14H17N3O3S. The summed E-state index contributed by atoms with van der Waals surface area (Å²) in [6.07, 6.45) is 4.59. The number of methoxy groups -OCH3 is 1. The summed E-state index contributed by atoms with van der Waals surface area (Å²) in [5.41, 5.74) is 0.626. The first-order valence-electron chi connectivity index (χ1n) is 6.96. The molecule has 112 valence electrons. The van der Waals surface area contributed by atoms with Crippen LogP contribution >= 0.6 is 11.3 Å². The lowest BCUT2D eigenvalue weighted by molar-refractivity contribution is -0.148. The molecule has 0 bridgehead atoms. The molecule has 1 aliphatic rings. The van der Waals surface area contributed by atoms with Crippen LogP contribution in [0.5, 0.6) is 0 Å². The third-order valence-corrected chi connectivity index (χ3v) is 4.56. The van der Waals surface area contributed by atoms with Crippen LogP contribution in [0.25, 0.3) is 4.96 Å². The molecule has 0 aromatic carbocycles. The van der Waals surface area contributed by atoms with Crippen LogP contribution in [0.2, 0.25) is 0 Å². The van der Waals surface area contributed by atoms with Gasteiger partial charge in [-0.3, -0.25) is 18.9 Å². The average molecular weight is 307 g/mol. The number of aromatic nitrogens is 2. The predicted molar refractivity (Wildman–Crippen MR) is 79.4 cm³/mol. The van der Waals surface area contributed by atoms with Crippen LogP contribution in [0.3, 0.4) is 0 Å². The monoisotopic (exact) mass is 307 g/mol. The summed E-state index contributed by atoms with van der Waals surface area (Å²) in [6.45, 7) is 1.33. The van der Waals surface area contributed by atoms with Gasteiger partial charge in [-0.15, -0.1) is 11.3 Å². The Morgan fingerprint density at radius 2 is 2.38 bits per heavy atom. The van der Waals surface area contributed by atoms with Gasteiger partial charge in [0, 0.05) is 24.2 Å². The first-order chi connectivity index (χ1) is 10.2. The van der Waals surface area contributed by atoms with Crippen molar-refractivity contribution >= 4 is 22.3 Å². The highest BCUT2D eigenvalue weighted by molar-refractivity contribution is 7.15. The summed E-state index contributed by atoms with van der Waals surface area (Å²) in [5, 5.41) is 1.84. The number of ether oxygens (including phenoxy) is 1. The second-order valence-electron chi connectivity index (χ2n) is 5.15. The second-order valence-corrected chi connectivity index (χ2v) is 6.02. The van der Waals surface area contributed by atoms with E-state index in [1.54, 1.807) is 12.3 Å². The Hall–Kier alpha value is -1.73. The fourth-order valence-electron chi connectivity index (χ4n) is 2.76. The number of nitrogens with zero attached hydrogens (tertiary/aromatic N) is 3. The molecule has 0 saturated carbocycles. The molecule has 2 aromatic rings. The first kappa shape index (κ1) is 14.2. The molecule has 3 rings (SSSR count). The molecule has 0 N–H and O–H groups in total. The molecule has 0 aliphatic carbocycles. The van der Waals surface area contributed by atoms with Crippen LogP contribution in [0.1, 0.15) is 25.0 Å². The maximum absolute atomic E-state index is 12.0. The van der Waals surface area contributed by atoms with Gasteiger partial charge in [0.05, 0.1) is 12.8 Å². The third-order valence-electron chi connectivity index (χ3n) is 3.81. The highest BCUT2D eigenvalue weighted by Gasteiger charge is 2.29. The second kappa shape index (κ2) is 5.95. The molecule has 6 nitrogen and oxygen atoms in total. The largest absolute Gasteiger partial charge is 0.468 e. The van der Waals surface area contributed by atoms with E-state index in [9.17, 15) is 9.59 Å². The number of rotatable bonds is 3. The van der Waals surface area contributed by atoms with Crippen molar-refractivity contribution in [3.8, 4) is 0 Å². The average Bonchev–Trinajstić information content (AvgIpc) is 2.96. The summed E-state index contributed by atoms with van der Waals surface area (Å²) in [6, 6.07) is 1.31. The minimum Gasteiger partial charge on any atom is -0.468 e. The van der Waals surface area contributed by atoms with Crippen molar-refractivity contribution in [2.24, 2.45) is 0 Å². The van der Waals surface area contributed by atoms with E-state index in [0.717, 1.165) is 25.8 Å². The number of likely N-dealkylation sites (tertiary alicyclic amines) is 1. The van der Waals surface area contributed by atoms with Crippen LogP contribution in [0, 0.1) is 0 Å². The van der Waals surface area contributed by atoms with E-state index in [1.165, 1.54) is 22.8 Å². The molecule has 3 heterocycles. The van der Waals surface area contributed by atoms with Gasteiger partial charge in [0.25, 0.3) is 5.56 Å². The molecule has 7 heteroatoms. The minimum atomic E-state index is -0.229. The number of hydrogen-bond donors (Lipinski definition) is 0. The molecule has 1 fully saturated rings. The number of fused-ring (bicyclic) bond motifs is 1. The Bertz CT molecular complexity index is 709. The molecular weight excluding hydrogens is 290 g/mol. The first-order valence-corrected chi connectivity index (χ1v) is 7.84. The van der Waals surface area contributed by atoms with Gasteiger partial charge in [0.1, 0.15) is 6.04 Å². The number of esters is 1. The Kier molecular flexibility index (Phi) is 4.03. The van der Waals surface area contributed by atoms with Gasteiger partial charge in [0.2, 0.25) is 0 Å². The van der Waals surface area contributed by atoms with E-state index in [0.29, 0.717) is 17.2 Å². The quantitative estimate of drug-likeness (QED) is 0.799. The summed E-state index contributed by atoms with van der Waals surface area (Å²) < 4.78 is 6.40. The summed E-state index contributed by atoms with van der Waals surface area (Å²) >= 11 is 1.43. The normalized spacial score (nSPS) is 19.8. The number of piperidine rings is 1. The molecule has 1 aliphatic heterocycles. The number of thiazole rings is 1. The van der Waals surface area contributed by atoms with Crippen molar-refractivity contribution in [1.29, 1.82) is 0 Å². The van der Waals surface area contributed by atoms with Gasteiger partial charge in [-0.2, -0.15) is 0 Å². The van der Waals surface area contributed by atoms with Gasteiger partial charge in [-0.25, -0.2) is 4.98 Å². The Balaban J connectivity index is 1.85. The summed E-state index contributed by atoms with van der Waals surface area (Å²) in [4.78, 5) is 31.1. The highest BCUT2D eigenvalue weighted by Crippen LogP contribution is 2.20. The van der Waals surface area contributed by atoms with E-state index < -0.39 is 0 Å². The number of carbonyl (C=O) groups excluding carboxylic acids is 1. The Morgan fingerprint density at radius 1 is 1.52 bits per heavy atom. The minimum absolute atomic E-state index is 0.0807. The van der Waals surface area contributed by atoms with Crippen LogP contribution in [0.15, 0.2) is 22.4 Å². The highest BCUT2D eigenvalue weighted by atomic mass is 32.1. The molecule has 0 radical (unpaired) electrons. The van der Waals surface area contributed by atoms with Crippen molar-refractivity contribution in [3.63, 3.8) is 0 Å². The van der Waals surface area contributed by atoms with Gasteiger partial charge in [-0.05, 0) is 19.4 Å². The molecule has 0 amide bonds. The molecule has 21 heavy (non-hydrogen) atoms. The van der Waals surface area contributed by atoms with Crippen molar-refractivity contribution in [2.45, 2.75) is 31.8 Å². The summed E-state index contributed by atoms with van der Waals surface area (Å²) in [5.74, 6) is -0.205. The topological polar surface area (TPSA) is 63.9 Å². The molecule has 2 aromatic heterocycles. The van der Waals surface area contributed by atoms with E-state index in [2.05, 4.69) is 9.88 Å². The van der Waals surface area contributed by atoms with E-state index in [1.807, 2.05) is 5.38 Å². The van der Waals surface area contributed by atoms with E-state index in [-0.39, 0.29) is 17.6 Å². The maximum Gasteiger partial charge on any atom is 0.323 e. The van der Waals surface area contributed by atoms with Crippen LogP contribution < -0.4 is 5.56 Å². The van der Waals surface area contributed by atoms with Gasteiger partial charge in [0.15, 0.2) is 4.96 Å². The van der Waals surface area contributed by atoms with Crippen LogP contribution in [-0.4, -0.2) is 40.0 Å². The fourth-order valence-corrected chi connectivity index (χ4v) is 3.50. The molecule has 0 spiro atoms. The SMILES string of the molecule is COC(=O)[C@@H]1CCCCN1Cc1cc(=O)n2ccsc2n1. The smallest absolute Gasteiger partial charge is 0.323 e. The zero-order valence-corrected chi connectivity index (χ0v) is 12.6. The van der Waals surface area contributed by atoms with E-state index in [4.69, 9.17) is 4.74 Å². The number of hydrogen-bond acceptors (Lipinski definition) is 6. The number of carbonyl (C=O) groups is 1. The van der Waals surface area contributed by atoms with Crippen molar-refractivity contribution < 1.29 is 9.53 Å². The lowest BCUT2D eigenvalue weighted by atomic mass is 10.0. The predicted octanol–water partition coefficient (Wildman–Crippen LogP) is 1.28. The van der Waals surface area contributed by atoms with Crippen LogP contribution in [0.4, 0.5) is 0 Å². The zero-order valence-electron chi connectivity index (χ0n) is 11.8. The molecule has 1 atom stereocenters.